The Kier molecular flexibility index (Phi) is 8.89. The minimum atomic E-state index is -0.252. The molecule has 0 radical (unpaired) electrons. The van der Waals surface area contributed by atoms with Crippen LogP contribution in [0.2, 0.25) is 0 Å². The van der Waals surface area contributed by atoms with Crippen LogP contribution in [0.5, 0.6) is 0 Å². The molecule has 0 aromatic carbocycles. The summed E-state index contributed by atoms with van der Waals surface area (Å²) in [5, 5.41) is 0. The fourth-order valence-corrected chi connectivity index (χ4v) is 1.46. The molecule has 0 aromatic heterocycles. The number of allylic oxidation sites excluding steroid dienone is 3. The molecule has 0 saturated heterocycles. The van der Waals surface area contributed by atoms with Crippen molar-refractivity contribution in [1.29, 1.82) is 0 Å². The lowest BCUT2D eigenvalue weighted by atomic mass is 9.98. The molecule has 0 rings (SSSR count). The summed E-state index contributed by atoms with van der Waals surface area (Å²) in [6.45, 7) is 7.91. The summed E-state index contributed by atoms with van der Waals surface area (Å²) in [5.41, 5.74) is 2.47. The van der Waals surface area contributed by atoms with Crippen LogP contribution in [0, 0.1) is 5.92 Å². The zero-order valence-electron chi connectivity index (χ0n) is 11.9. The molecule has 18 heavy (non-hydrogen) atoms. The predicted molar refractivity (Wildman–Crippen MR) is 73.2 cm³/mol. The first-order chi connectivity index (χ1) is 8.47. The summed E-state index contributed by atoms with van der Waals surface area (Å²) in [5.74, 6) is 0.0744. The van der Waals surface area contributed by atoms with Gasteiger partial charge in [-0.25, -0.2) is 0 Å². The van der Waals surface area contributed by atoms with Gasteiger partial charge in [0.15, 0.2) is 0 Å². The first-order valence-electron chi connectivity index (χ1n) is 6.36. The minimum absolute atomic E-state index is 0.252. The van der Waals surface area contributed by atoms with Crippen LogP contribution >= 0.6 is 0 Å². The van der Waals surface area contributed by atoms with Crippen LogP contribution in [0.15, 0.2) is 23.3 Å². The van der Waals surface area contributed by atoms with Crippen LogP contribution in [-0.2, 0) is 14.3 Å². The topological polar surface area (TPSA) is 43.4 Å². The van der Waals surface area contributed by atoms with Crippen LogP contribution in [0.1, 0.15) is 47.0 Å². The standard InChI is InChI=1S/C15H24O3/c1-12(9-11-18-15(4)17)6-5-7-13(2)14(3)8-10-16/h7,9-10,14H,5-6,8,11H2,1-4H3/b12-9+,13-7+/t14-/m1/s1. The number of rotatable bonds is 8. The third-order valence-electron chi connectivity index (χ3n) is 2.95. The number of carbonyl (C=O) groups is 2. The van der Waals surface area contributed by atoms with Crippen LogP contribution in [0.4, 0.5) is 0 Å². The Morgan fingerprint density at radius 3 is 2.44 bits per heavy atom. The number of aldehydes is 1. The maximum atomic E-state index is 10.6. The maximum Gasteiger partial charge on any atom is 0.302 e. The van der Waals surface area contributed by atoms with Gasteiger partial charge < -0.3 is 9.53 Å². The van der Waals surface area contributed by atoms with Gasteiger partial charge in [-0.05, 0) is 38.7 Å². The molecular weight excluding hydrogens is 228 g/mol. The molecule has 0 amide bonds. The maximum absolute atomic E-state index is 10.6. The van der Waals surface area contributed by atoms with Gasteiger partial charge in [0.05, 0.1) is 0 Å². The first kappa shape index (κ1) is 16.6. The van der Waals surface area contributed by atoms with E-state index in [-0.39, 0.29) is 5.97 Å². The Morgan fingerprint density at radius 2 is 1.89 bits per heavy atom. The smallest absolute Gasteiger partial charge is 0.302 e. The van der Waals surface area contributed by atoms with Gasteiger partial charge in [-0.15, -0.1) is 0 Å². The zero-order chi connectivity index (χ0) is 14.0. The summed E-state index contributed by atoms with van der Waals surface area (Å²) in [6.07, 6.45) is 7.57. The second-order valence-corrected chi connectivity index (χ2v) is 4.64. The number of ether oxygens (including phenoxy) is 1. The number of hydrogen-bond acceptors (Lipinski definition) is 3. The summed E-state index contributed by atoms with van der Waals surface area (Å²) >= 11 is 0. The molecule has 0 unspecified atom stereocenters. The third kappa shape index (κ3) is 8.74. The SMILES string of the molecule is CC(=O)OC/C=C(\C)CC/C=C(\C)[C@H](C)CC=O. The molecular formula is C15H24O3. The average Bonchev–Trinajstić information content (AvgIpc) is 2.28. The van der Waals surface area contributed by atoms with Gasteiger partial charge in [-0.2, -0.15) is 0 Å². The number of hydrogen-bond donors (Lipinski definition) is 0. The Balaban J connectivity index is 3.97. The highest BCUT2D eigenvalue weighted by atomic mass is 16.5. The molecule has 0 aliphatic carbocycles. The van der Waals surface area contributed by atoms with Crippen molar-refractivity contribution in [2.75, 3.05) is 6.61 Å². The summed E-state index contributed by atoms with van der Waals surface area (Å²) < 4.78 is 4.84. The van der Waals surface area contributed by atoms with E-state index >= 15 is 0 Å². The second-order valence-electron chi connectivity index (χ2n) is 4.64. The van der Waals surface area contributed by atoms with Crippen molar-refractivity contribution in [3.05, 3.63) is 23.3 Å². The van der Waals surface area contributed by atoms with Crippen molar-refractivity contribution in [3.63, 3.8) is 0 Å². The second kappa shape index (κ2) is 9.63. The van der Waals surface area contributed by atoms with Crippen molar-refractivity contribution >= 4 is 12.3 Å². The molecule has 0 aromatic rings. The molecule has 0 heterocycles. The van der Waals surface area contributed by atoms with E-state index < -0.39 is 0 Å². The Labute approximate surface area is 110 Å². The van der Waals surface area contributed by atoms with Gasteiger partial charge in [0.2, 0.25) is 0 Å². The van der Waals surface area contributed by atoms with Gasteiger partial charge in [0.1, 0.15) is 12.9 Å². The van der Waals surface area contributed by atoms with Crippen LogP contribution < -0.4 is 0 Å². The van der Waals surface area contributed by atoms with Crippen LogP contribution in [0.25, 0.3) is 0 Å². The first-order valence-corrected chi connectivity index (χ1v) is 6.36. The van der Waals surface area contributed by atoms with Gasteiger partial charge in [-0.1, -0.05) is 24.1 Å². The summed E-state index contributed by atoms with van der Waals surface area (Å²) in [6, 6.07) is 0. The lowest BCUT2D eigenvalue weighted by Crippen LogP contribution is -1.98. The Bertz CT molecular complexity index is 327. The third-order valence-corrected chi connectivity index (χ3v) is 2.95. The fraction of sp³-hybridized carbons (Fsp3) is 0.600. The molecule has 0 aliphatic heterocycles. The number of carbonyl (C=O) groups excluding carboxylic acids is 2. The molecule has 1 atom stereocenters. The minimum Gasteiger partial charge on any atom is -0.462 e. The average molecular weight is 252 g/mol. The molecule has 3 nitrogen and oxygen atoms in total. The molecule has 0 aliphatic rings. The molecule has 0 N–H and O–H groups in total. The van der Waals surface area contributed by atoms with Crippen LogP contribution in [-0.4, -0.2) is 18.9 Å². The monoisotopic (exact) mass is 252 g/mol. The lowest BCUT2D eigenvalue weighted by Gasteiger charge is -2.08. The Hall–Kier alpha value is -1.38. The van der Waals surface area contributed by atoms with Crippen molar-refractivity contribution < 1.29 is 14.3 Å². The summed E-state index contributed by atoms with van der Waals surface area (Å²) in [4.78, 5) is 21.0. The highest BCUT2D eigenvalue weighted by Crippen LogP contribution is 2.15. The van der Waals surface area contributed by atoms with E-state index in [2.05, 4.69) is 19.9 Å². The van der Waals surface area contributed by atoms with E-state index in [9.17, 15) is 9.59 Å². The predicted octanol–water partition coefficient (Wildman–Crippen LogP) is 3.45. The normalized spacial score (nSPS) is 14.2. The highest BCUT2D eigenvalue weighted by molar-refractivity contribution is 5.66. The molecule has 102 valence electrons. The largest absolute Gasteiger partial charge is 0.462 e. The van der Waals surface area contributed by atoms with Crippen LogP contribution in [0.3, 0.4) is 0 Å². The van der Waals surface area contributed by atoms with Crippen molar-refractivity contribution in [2.24, 2.45) is 5.92 Å². The fourth-order valence-electron chi connectivity index (χ4n) is 1.46. The van der Waals surface area contributed by atoms with E-state index in [4.69, 9.17) is 4.74 Å². The van der Waals surface area contributed by atoms with Crippen molar-refractivity contribution in [3.8, 4) is 0 Å². The van der Waals surface area contributed by atoms with Crippen molar-refractivity contribution in [2.45, 2.75) is 47.0 Å². The summed E-state index contributed by atoms with van der Waals surface area (Å²) in [7, 11) is 0. The van der Waals surface area contributed by atoms with E-state index in [1.165, 1.54) is 18.1 Å². The van der Waals surface area contributed by atoms with E-state index in [0.29, 0.717) is 18.9 Å². The van der Waals surface area contributed by atoms with Gasteiger partial charge in [0, 0.05) is 13.3 Å². The van der Waals surface area contributed by atoms with Gasteiger partial charge >= 0.3 is 5.97 Å². The molecule has 0 saturated carbocycles. The Morgan fingerprint density at radius 1 is 1.22 bits per heavy atom. The van der Waals surface area contributed by atoms with E-state index in [1.54, 1.807) is 0 Å². The zero-order valence-corrected chi connectivity index (χ0v) is 11.9. The van der Waals surface area contributed by atoms with Gasteiger partial charge in [0.25, 0.3) is 0 Å². The quantitative estimate of drug-likeness (QED) is 0.377. The number of esters is 1. The van der Waals surface area contributed by atoms with E-state index in [1.807, 2.05) is 13.0 Å². The molecule has 0 fully saturated rings. The van der Waals surface area contributed by atoms with Gasteiger partial charge in [-0.3, -0.25) is 4.79 Å². The van der Waals surface area contributed by atoms with Crippen molar-refractivity contribution in [1.82, 2.24) is 0 Å². The van der Waals surface area contributed by atoms with E-state index in [0.717, 1.165) is 19.1 Å². The molecule has 3 heteroatoms. The molecule has 0 bridgehead atoms. The lowest BCUT2D eigenvalue weighted by molar-refractivity contribution is -0.139. The molecule has 0 spiro atoms. The highest BCUT2D eigenvalue weighted by Gasteiger charge is 2.02.